The summed E-state index contributed by atoms with van der Waals surface area (Å²) in [7, 11) is 0. The molecule has 0 amide bonds. The van der Waals surface area contributed by atoms with Gasteiger partial charge >= 0.3 is 5.97 Å². The van der Waals surface area contributed by atoms with E-state index in [9.17, 15) is 9.59 Å². The standard InChI is InChI=1S/C16H13ClN4O4/c1-2-24-14(23)9-21-13(22)8-7-12(19-21)16-18-15(20-25-16)10-3-5-11(17)6-4-10/h3-8H,2,9H2,1H3. The van der Waals surface area contributed by atoms with Gasteiger partial charge < -0.3 is 9.26 Å². The number of aromatic nitrogens is 4. The second-order valence-corrected chi connectivity index (χ2v) is 5.39. The smallest absolute Gasteiger partial charge is 0.327 e. The highest BCUT2D eigenvalue weighted by atomic mass is 35.5. The third-order valence-electron chi connectivity index (χ3n) is 3.20. The van der Waals surface area contributed by atoms with Crippen molar-refractivity contribution >= 4 is 17.6 Å². The number of carbonyl (C=O) groups excluding carboxylic acids is 1. The van der Waals surface area contributed by atoms with Crippen molar-refractivity contribution in [1.29, 1.82) is 0 Å². The fourth-order valence-electron chi connectivity index (χ4n) is 2.05. The number of rotatable bonds is 5. The largest absolute Gasteiger partial charge is 0.465 e. The Labute approximate surface area is 147 Å². The lowest BCUT2D eigenvalue weighted by Crippen LogP contribution is -2.27. The Hall–Kier alpha value is -3.00. The fourth-order valence-corrected chi connectivity index (χ4v) is 2.17. The number of esters is 1. The predicted octanol–water partition coefficient (Wildman–Crippen LogP) is 2.18. The minimum atomic E-state index is -0.554. The predicted molar refractivity (Wildman–Crippen MR) is 88.9 cm³/mol. The van der Waals surface area contributed by atoms with Crippen LogP contribution in [-0.2, 0) is 16.1 Å². The zero-order valence-corrected chi connectivity index (χ0v) is 13.9. The van der Waals surface area contributed by atoms with Crippen LogP contribution in [-0.4, -0.2) is 32.5 Å². The molecule has 9 heteroatoms. The maximum Gasteiger partial charge on any atom is 0.327 e. The number of nitrogens with zero attached hydrogens (tertiary/aromatic N) is 4. The van der Waals surface area contributed by atoms with Gasteiger partial charge in [-0.25, -0.2) is 4.68 Å². The van der Waals surface area contributed by atoms with Gasteiger partial charge in [-0.2, -0.15) is 10.1 Å². The van der Waals surface area contributed by atoms with Crippen molar-refractivity contribution in [2.45, 2.75) is 13.5 Å². The normalized spacial score (nSPS) is 10.6. The number of hydrogen-bond acceptors (Lipinski definition) is 7. The molecule has 3 aromatic rings. The first-order valence-electron chi connectivity index (χ1n) is 7.40. The summed E-state index contributed by atoms with van der Waals surface area (Å²) >= 11 is 5.85. The summed E-state index contributed by atoms with van der Waals surface area (Å²) in [6.45, 7) is 1.61. The van der Waals surface area contributed by atoms with Crippen molar-refractivity contribution in [2.24, 2.45) is 0 Å². The van der Waals surface area contributed by atoms with E-state index in [-0.39, 0.29) is 24.7 Å². The van der Waals surface area contributed by atoms with Gasteiger partial charge in [0.2, 0.25) is 5.82 Å². The topological polar surface area (TPSA) is 100 Å². The molecule has 0 radical (unpaired) electrons. The molecule has 2 aromatic heterocycles. The van der Waals surface area contributed by atoms with Gasteiger partial charge in [-0.05, 0) is 37.3 Å². The van der Waals surface area contributed by atoms with E-state index in [1.54, 1.807) is 31.2 Å². The van der Waals surface area contributed by atoms with Crippen LogP contribution in [0.15, 0.2) is 45.7 Å². The van der Waals surface area contributed by atoms with Crippen LogP contribution in [0.4, 0.5) is 0 Å². The minimum Gasteiger partial charge on any atom is -0.465 e. The fraction of sp³-hybridized carbons (Fsp3) is 0.188. The molecule has 128 valence electrons. The number of ether oxygens (including phenoxy) is 1. The van der Waals surface area contributed by atoms with E-state index >= 15 is 0 Å². The van der Waals surface area contributed by atoms with Crippen LogP contribution in [0.25, 0.3) is 23.0 Å². The molecule has 0 aliphatic heterocycles. The van der Waals surface area contributed by atoms with Crippen LogP contribution in [0.2, 0.25) is 5.02 Å². The molecule has 8 nitrogen and oxygen atoms in total. The Bertz CT molecular complexity index is 949. The number of hydrogen-bond donors (Lipinski definition) is 0. The summed E-state index contributed by atoms with van der Waals surface area (Å²) in [6, 6.07) is 9.66. The molecule has 0 saturated heterocycles. The lowest BCUT2D eigenvalue weighted by Gasteiger charge is -2.04. The zero-order chi connectivity index (χ0) is 17.8. The van der Waals surface area contributed by atoms with Crippen LogP contribution >= 0.6 is 11.6 Å². The van der Waals surface area contributed by atoms with E-state index in [0.29, 0.717) is 10.8 Å². The molecule has 1 aromatic carbocycles. The van der Waals surface area contributed by atoms with E-state index < -0.39 is 11.5 Å². The third-order valence-corrected chi connectivity index (χ3v) is 3.45. The van der Waals surface area contributed by atoms with Crippen molar-refractivity contribution in [1.82, 2.24) is 19.9 Å². The zero-order valence-electron chi connectivity index (χ0n) is 13.2. The first kappa shape index (κ1) is 16.8. The van der Waals surface area contributed by atoms with Crippen LogP contribution in [0.1, 0.15) is 6.92 Å². The second kappa shape index (κ2) is 7.27. The average molecular weight is 361 g/mol. The Balaban J connectivity index is 1.88. The van der Waals surface area contributed by atoms with Crippen molar-refractivity contribution in [2.75, 3.05) is 6.61 Å². The van der Waals surface area contributed by atoms with Crippen LogP contribution in [0, 0.1) is 0 Å². The van der Waals surface area contributed by atoms with Gasteiger partial charge in [-0.1, -0.05) is 16.8 Å². The maximum atomic E-state index is 11.8. The molecule has 0 aliphatic carbocycles. The quantitative estimate of drug-likeness (QED) is 0.643. The summed E-state index contributed by atoms with van der Waals surface area (Å²) in [5.74, 6) is -0.0687. The highest BCUT2D eigenvalue weighted by Gasteiger charge is 2.14. The number of benzene rings is 1. The van der Waals surface area contributed by atoms with Crippen molar-refractivity contribution < 1.29 is 14.1 Å². The summed E-state index contributed by atoms with van der Waals surface area (Å²) < 4.78 is 11.0. The molecule has 0 saturated carbocycles. The molecule has 25 heavy (non-hydrogen) atoms. The average Bonchev–Trinajstić information content (AvgIpc) is 3.08. The second-order valence-electron chi connectivity index (χ2n) is 4.95. The van der Waals surface area contributed by atoms with Crippen molar-refractivity contribution in [3.8, 4) is 23.0 Å². The van der Waals surface area contributed by atoms with E-state index in [4.69, 9.17) is 20.9 Å². The molecular formula is C16H13ClN4O4. The first-order valence-corrected chi connectivity index (χ1v) is 7.78. The Morgan fingerprint density at radius 1 is 1.24 bits per heavy atom. The molecule has 0 spiro atoms. The van der Waals surface area contributed by atoms with Gasteiger partial charge in [0.1, 0.15) is 12.2 Å². The van der Waals surface area contributed by atoms with Crippen LogP contribution in [0.3, 0.4) is 0 Å². The SMILES string of the molecule is CCOC(=O)Cn1nc(-c2nc(-c3ccc(Cl)cc3)no2)ccc1=O. The summed E-state index contributed by atoms with van der Waals surface area (Å²) in [5, 5.41) is 8.56. The van der Waals surface area contributed by atoms with Gasteiger partial charge in [0.15, 0.2) is 0 Å². The first-order chi connectivity index (χ1) is 12.1. The molecule has 0 bridgehead atoms. The molecule has 3 rings (SSSR count). The molecule has 0 N–H and O–H groups in total. The lowest BCUT2D eigenvalue weighted by atomic mass is 10.2. The molecule has 0 aliphatic rings. The van der Waals surface area contributed by atoms with Crippen LogP contribution in [0.5, 0.6) is 0 Å². The Morgan fingerprint density at radius 2 is 2.00 bits per heavy atom. The molecular weight excluding hydrogens is 348 g/mol. The number of carbonyl (C=O) groups is 1. The van der Waals surface area contributed by atoms with E-state index in [0.717, 1.165) is 10.2 Å². The Morgan fingerprint density at radius 3 is 2.72 bits per heavy atom. The van der Waals surface area contributed by atoms with Gasteiger partial charge in [0.05, 0.1) is 6.61 Å². The summed E-state index contributed by atoms with van der Waals surface area (Å²) in [4.78, 5) is 27.6. The summed E-state index contributed by atoms with van der Waals surface area (Å²) in [6.07, 6.45) is 0. The van der Waals surface area contributed by atoms with E-state index in [2.05, 4.69) is 15.2 Å². The van der Waals surface area contributed by atoms with Gasteiger partial charge in [0, 0.05) is 16.7 Å². The summed E-state index contributed by atoms with van der Waals surface area (Å²) in [5.41, 5.74) is 0.560. The highest BCUT2D eigenvalue weighted by molar-refractivity contribution is 6.30. The molecule has 0 unspecified atom stereocenters. The van der Waals surface area contributed by atoms with Crippen LogP contribution < -0.4 is 5.56 Å². The molecule has 0 atom stereocenters. The Kier molecular flexibility index (Phi) is 4.90. The van der Waals surface area contributed by atoms with E-state index in [1.807, 2.05) is 0 Å². The van der Waals surface area contributed by atoms with Gasteiger partial charge in [-0.3, -0.25) is 9.59 Å². The minimum absolute atomic E-state index is 0.127. The molecule has 2 heterocycles. The van der Waals surface area contributed by atoms with Gasteiger partial charge in [0.25, 0.3) is 11.4 Å². The maximum absolute atomic E-state index is 11.8. The van der Waals surface area contributed by atoms with E-state index in [1.165, 1.54) is 12.1 Å². The molecule has 0 fully saturated rings. The third kappa shape index (κ3) is 3.92. The lowest BCUT2D eigenvalue weighted by molar-refractivity contribution is -0.144. The highest BCUT2D eigenvalue weighted by Crippen LogP contribution is 2.21. The van der Waals surface area contributed by atoms with Gasteiger partial charge in [-0.15, -0.1) is 0 Å². The van der Waals surface area contributed by atoms with Crippen molar-refractivity contribution in [3.05, 3.63) is 51.8 Å². The monoisotopic (exact) mass is 360 g/mol. The number of halogens is 1. The van der Waals surface area contributed by atoms with Crippen molar-refractivity contribution in [3.63, 3.8) is 0 Å².